The van der Waals surface area contributed by atoms with E-state index in [0.29, 0.717) is 34.1 Å². The fourth-order valence-corrected chi connectivity index (χ4v) is 5.40. The van der Waals surface area contributed by atoms with Gasteiger partial charge in [0.2, 0.25) is 12.7 Å². The molecule has 0 saturated carbocycles. The average molecular weight is 461 g/mol. The van der Waals surface area contributed by atoms with Crippen LogP contribution >= 0.6 is 11.3 Å². The molecule has 1 aromatic heterocycles. The summed E-state index contributed by atoms with van der Waals surface area (Å²) >= 11 is 0.723. The van der Waals surface area contributed by atoms with Crippen LogP contribution in [0.25, 0.3) is 0 Å². The van der Waals surface area contributed by atoms with Crippen LogP contribution in [0.15, 0.2) is 36.4 Å². The van der Waals surface area contributed by atoms with Crippen LogP contribution in [0, 0.1) is 0 Å². The van der Waals surface area contributed by atoms with Gasteiger partial charge in [0.1, 0.15) is 17.8 Å². The molecule has 1 amide bonds. The molecule has 3 aliphatic heterocycles. The number of aromatic nitrogens is 1. The first kappa shape index (κ1) is 19.2. The van der Waals surface area contributed by atoms with Crippen LogP contribution in [0.3, 0.4) is 0 Å². The van der Waals surface area contributed by atoms with E-state index < -0.39 is 17.3 Å². The van der Waals surface area contributed by atoms with Crippen LogP contribution in [-0.4, -0.2) is 24.3 Å². The number of nitrogens with two attached hydrogens (primary N) is 1. The molecule has 3 aromatic rings. The minimum atomic E-state index is -4.68. The van der Waals surface area contributed by atoms with Gasteiger partial charge in [-0.1, -0.05) is 29.5 Å². The predicted octanol–water partition coefficient (Wildman–Crippen LogP) is 3.70. The molecule has 4 heterocycles. The first-order valence-electron chi connectivity index (χ1n) is 9.60. The maximum absolute atomic E-state index is 13.9. The van der Waals surface area contributed by atoms with Crippen molar-refractivity contribution in [2.45, 2.75) is 18.1 Å². The lowest BCUT2D eigenvalue weighted by atomic mass is 9.77. The Labute approximate surface area is 183 Å². The van der Waals surface area contributed by atoms with E-state index in [-0.39, 0.29) is 35.9 Å². The van der Waals surface area contributed by atoms with E-state index in [4.69, 9.17) is 19.9 Å². The number of hydrogen-bond acceptors (Lipinski definition) is 7. The molecule has 164 valence electrons. The molecule has 0 saturated heterocycles. The Morgan fingerprint density at radius 1 is 1.09 bits per heavy atom. The molecule has 11 heteroatoms. The number of para-hydroxylation sites is 1. The first-order valence-corrected chi connectivity index (χ1v) is 10.4. The molecule has 0 bridgehead atoms. The van der Waals surface area contributed by atoms with Crippen molar-refractivity contribution in [2.75, 3.05) is 24.0 Å². The van der Waals surface area contributed by atoms with Gasteiger partial charge in [0.25, 0.3) is 0 Å². The standard InChI is InChI=1S/C21H14F3N3O4S/c22-21(23,24)17-16(32-19(25)26-17)7-27-12-4-2-1-3-10(12)20(18(27)28)8-29-13-6-15-14(5-11(13)20)30-9-31-15/h1-6H,7-9H2,(H2,25,26). The number of fused-ring (bicyclic) bond motifs is 5. The minimum absolute atomic E-state index is 0.0224. The first-order chi connectivity index (χ1) is 15.3. The minimum Gasteiger partial charge on any atom is -0.491 e. The lowest BCUT2D eigenvalue weighted by molar-refractivity contribution is -0.141. The molecule has 7 nitrogen and oxygen atoms in total. The maximum Gasteiger partial charge on any atom is 0.434 e. The Morgan fingerprint density at radius 3 is 2.62 bits per heavy atom. The van der Waals surface area contributed by atoms with Gasteiger partial charge in [0, 0.05) is 17.3 Å². The largest absolute Gasteiger partial charge is 0.491 e. The van der Waals surface area contributed by atoms with Gasteiger partial charge < -0.3 is 24.8 Å². The van der Waals surface area contributed by atoms with E-state index in [2.05, 4.69) is 4.98 Å². The zero-order chi connectivity index (χ0) is 22.3. The average Bonchev–Trinajstić information content (AvgIpc) is 3.49. The van der Waals surface area contributed by atoms with E-state index in [1.165, 1.54) is 4.90 Å². The molecule has 0 fully saturated rings. The van der Waals surface area contributed by atoms with Gasteiger partial charge in [-0.3, -0.25) is 4.79 Å². The lowest BCUT2D eigenvalue weighted by Crippen LogP contribution is -2.42. The molecule has 3 aliphatic rings. The van der Waals surface area contributed by atoms with Gasteiger partial charge in [0.15, 0.2) is 22.3 Å². The quantitative estimate of drug-likeness (QED) is 0.627. The number of alkyl halides is 3. The molecule has 1 unspecified atom stereocenters. The van der Waals surface area contributed by atoms with E-state index >= 15 is 0 Å². The number of thiazole rings is 1. The SMILES string of the molecule is Nc1nc(C(F)(F)F)c(CN2C(=O)C3(COc4cc5c(cc43)OCO5)c3ccccc32)s1. The maximum atomic E-state index is 13.9. The number of amides is 1. The summed E-state index contributed by atoms with van der Waals surface area (Å²) in [4.78, 5) is 18.5. The topological polar surface area (TPSA) is 86.9 Å². The second-order valence-corrected chi connectivity index (χ2v) is 8.74. The van der Waals surface area contributed by atoms with Crippen LogP contribution in [0.5, 0.6) is 17.2 Å². The second kappa shape index (κ2) is 6.28. The van der Waals surface area contributed by atoms with Crippen molar-refractivity contribution < 1.29 is 32.2 Å². The summed E-state index contributed by atoms with van der Waals surface area (Å²) in [5.74, 6) is 1.12. The Morgan fingerprint density at radius 2 is 1.84 bits per heavy atom. The van der Waals surface area contributed by atoms with Gasteiger partial charge >= 0.3 is 6.18 Å². The molecular weight excluding hydrogens is 447 g/mol. The third-order valence-corrected chi connectivity index (χ3v) is 6.80. The summed E-state index contributed by atoms with van der Waals surface area (Å²) in [5, 5.41) is -0.204. The van der Waals surface area contributed by atoms with Crippen LogP contribution in [-0.2, 0) is 22.9 Å². The van der Waals surface area contributed by atoms with E-state index in [0.717, 1.165) is 11.3 Å². The highest BCUT2D eigenvalue weighted by atomic mass is 32.1. The third-order valence-electron chi connectivity index (χ3n) is 5.93. The fourth-order valence-electron chi connectivity index (χ4n) is 4.56. The zero-order valence-electron chi connectivity index (χ0n) is 16.2. The van der Waals surface area contributed by atoms with Crippen molar-refractivity contribution >= 4 is 28.1 Å². The lowest BCUT2D eigenvalue weighted by Gasteiger charge is -2.23. The van der Waals surface area contributed by atoms with Crippen LogP contribution < -0.4 is 24.8 Å². The highest BCUT2D eigenvalue weighted by Gasteiger charge is 2.57. The zero-order valence-corrected chi connectivity index (χ0v) is 17.0. The summed E-state index contributed by atoms with van der Waals surface area (Å²) in [6, 6.07) is 10.4. The molecule has 6 rings (SSSR count). The van der Waals surface area contributed by atoms with E-state index in [9.17, 15) is 18.0 Å². The van der Waals surface area contributed by atoms with Crippen molar-refractivity contribution in [1.82, 2.24) is 4.98 Å². The Balaban J connectivity index is 1.48. The Bertz CT molecular complexity index is 1290. The molecule has 1 spiro atoms. The highest BCUT2D eigenvalue weighted by molar-refractivity contribution is 7.15. The van der Waals surface area contributed by atoms with Gasteiger partial charge in [-0.15, -0.1) is 0 Å². The number of ether oxygens (including phenoxy) is 3. The van der Waals surface area contributed by atoms with Crippen molar-refractivity contribution in [3.63, 3.8) is 0 Å². The van der Waals surface area contributed by atoms with Crippen LogP contribution in [0.2, 0.25) is 0 Å². The molecule has 1 atom stereocenters. The number of carbonyl (C=O) groups is 1. The fraction of sp³-hybridized carbons (Fsp3) is 0.238. The van der Waals surface area contributed by atoms with E-state index in [1.807, 2.05) is 0 Å². The van der Waals surface area contributed by atoms with Crippen molar-refractivity contribution in [3.05, 3.63) is 58.1 Å². The van der Waals surface area contributed by atoms with Gasteiger partial charge in [-0.2, -0.15) is 13.2 Å². The number of benzene rings is 2. The number of nitrogens with zero attached hydrogens (tertiary/aromatic N) is 2. The second-order valence-electron chi connectivity index (χ2n) is 7.63. The number of rotatable bonds is 2. The number of anilines is 2. The smallest absolute Gasteiger partial charge is 0.434 e. The summed E-state index contributed by atoms with van der Waals surface area (Å²) in [7, 11) is 0. The number of nitrogen functional groups attached to an aromatic ring is 1. The Kier molecular flexibility index (Phi) is 3.78. The normalized spacial score (nSPS) is 20.6. The summed E-state index contributed by atoms with van der Waals surface area (Å²) in [5.41, 5.74) is 5.08. The predicted molar refractivity (Wildman–Crippen MR) is 108 cm³/mol. The van der Waals surface area contributed by atoms with Crippen molar-refractivity contribution in [1.29, 1.82) is 0 Å². The number of halogens is 3. The van der Waals surface area contributed by atoms with Crippen molar-refractivity contribution in [2.24, 2.45) is 0 Å². The van der Waals surface area contributed by atoms with E-state index in [1.54, 1.807) is 36.4 Å². The molecule has 2 aromatic carbocycles. The molecule has 2 N–H and O–H groups in total. The summed E-state index contributed by atoms with van der Waals surface area (Å²) in [6.07, 6.45) is -4.68. The molecule has 32 heavy (non-hydrogen) atoms. The van der Waals surface area contributed by atoms with Gasteiger partial charge in [-0.25, -0.2) is 4.98 Å². The molecule has 0 aliphatic carbocycles. The molecule has 0 radical (unpaired) electrons. The van der Waals surface area contributed by atoms with Gasteiger partial charge in [-0.05, 0) is 17.7 Å². The third kappa shape index (κ3) is 2.48. The summed E-state index contributed by atoms with van der Waals surface area (Å²) in [6.45, 7) is -0.218. The summed E-state index contributed by atoms with van der Waals surface area (Å²) < 4.78 is 57.2. The van der Waals surface area contributed by atoms with Crippen LogP contribution in [0.4, 0.5) is 24.0 Å². The number of carbonyl (C=O) groups excluding carboxylic acids is 1. The molecular formula is C21H14F3N3O4S. The Hall–Kier alpha value is -3.47. The monoisotopic (exact) mass is 461 g/mol. The number of hydrogen-bond donors (Lipinski definition) is 1. The van der Waals surface area contributed by atoms with Crippen molar-refractivity contribution in [3.8, 4) is 17.2 Å². The van der Waals surface area contributed by atoms with Crippen LogP contribution in [0.1, 0.15) is 21.7 Å². The highest BCUT2D eigenvalue weighted by Crippen LogP contribution is 2.55. The van der Waals surface area contributed by atoms with Gasteiger partial charge in [0.05, 0.1) is 11.4 Å².